The Morgan fingerprint density at radius 2 is 1.94 bits per heavy atom. The first kappa shape index (κ1) is 23.7. The van der Waals surface area contributed by atoms with Crippen LogP contribution in [0.3, 0.4) is 0 Å². The highest BCUT2D eigenvalue weighted by Gasteiger charge is 2.28. The smallest absolute Gasteiger partial charge is 0.243 e. The van der Waals surface area contributed by atoms with Crippen molar-refractivity contribution >= 4 is 44.3 Å². The fourth-order valence-electron chi connectivity index (χ4n) is 4.09. The van der Waals surface area contributed by atoms with Crippen molar-refractivity contribution in [1.29, 1.82) is 0 Å². The van der Waals surface area contributed by atoms with Gasteiger partial charge in [-0.3, -0.25) is 4.79 Å². The molecule has 2 aromatic carbocycles. The van der Waals surface area contributed by atoms with Crippen LogP contribution in [0.1, 0.15) is 38.4 Å². The molecule has 1 fully saturated rings. The molecule has 0 spiro atoms. The molecule has 33 heavy (non-hydrogen) atoms. The van der Waals surface area contributed by atoms with Gasteiger partial charge in [0.05, 0.1) is 21.6 Å². The molecule has 0 unspecified atom stereocenters. The zero-order valence-electron chi connectivity index (χ0n) is 18.4. The fourth-order valence-corrected chi connectivity index (χ4v) is 5.79. The number of hydrogen-bond donors (Lipinski definition) is 1. The molecular weight excluding hydrogens is 467 g/mol. The van der Waals surface area contributed by atoms with Crippen molar-refractivity contribution in [2.75, 3.05) is 18.4 Å². The number of aromatic nitrogens is 2. The summed E-state index contributed by atoms with van der Waals surface area (Å²) in [6.45, 7) is 3.81. The highest BCUT2D eigenvalue weighted by Crippen LogP contribution is 2.26. The van der Waals surface area contributed by atoms with Gasteiger partial charge in [0, 0.05) is 37.5 Å². The molecule has 0 aliphatic carbocycles. The third kappa shape index (κ3) is 5.05. The molecule has 0 radical (unpaired) electrons. The van der Waals surface area contributed by atoms with Gasteiger partial charge >= 0.3 is 0 Å². The molecule has 2 heterocycles. The van der Waals surface area contributed by atoms with Gasteiger partial charge < -0.3 is 9.88 Å². The first-order valence-corrected chi connectivity index (χ1v) is 12.9. The second-order valence-corrected chi connectivity index (χ2v) is 10.5. The molecule has 0 atom stereocenters. The molecule has 1 aliphatic rings. The van der Waals surface area contributed by atoms with Crippen LogP contribution in [0.2, 0.25) is 5.02 Å². The zero-order valence-corrected chi connectivity index (χ0v) is 19.9. The van der Waals surface area contributed by atoms with Crippen LogP contribution < -0.4 is 5.32 Å². The Kier molecular flexibility index (Phi) is 7.02. The van der Waals surface area contributed by atoms with E-state index < -0.39 is 15.8 Å². The van der Waals surface area contributed by atoms with E-state index in [1.807, 2.05) is 11.5 Å². The number of fused-ring (bicyclic) bond motifs is 1. The van der Waals surface area contributed by atoms with E-state index in [1.165, 1.54) is 16.4 Å². The number of carbonyl (C=O) groups excluding carboxylic acids is 1. The zero-order chi connectivity index (χ0) is 23.6. The first-order valence-electron chi connectivity index (χ1n) is 11.0. The Hall–Kier alpha value is -2.49. The maximum Gasteiger partial charge on any atom is 0.243 e. The van der Waals surface area contributed by atoms with Crippen molar-refractivity contribution in [3.05, 3.63) is 53.1 Å². The lowest BCUT2D eigenvalue weighted by Crippen LogP contribution is -2.27. The van der Waals surface area contributed by atoms with Gasteiger partial charge in [-0.05, 0) is 55.7 Å². The Morgan fingerprint density at radius 3 is 2.64 bits per heavy atom. The predicted octanol–water partition coefficient (Wildman–Crippen LogP) is 4.59. The van der Waals surface area contributed by atoms with Crippen LogP contribution in [0.5, 0.6) is 0 Å². The number of nitrogens with zero attached hydrogens (tertiary/aromatic N) is 3. The van der Waals surface area contributed by atoms with Gasteiger partial charge in [0.1, 0.15) is 11.6 Å². The van der Waals surface area contributed by atoms with Gasteiger partial charge in [-0.2, -0.15) is 4.31 Å². The average Bonchev–Trinajstić information content (AvgIpc) is 3.43. The largest absolute Gasteiger partial charge is 0.328 e. The number of amides is 1. The third-order valence-electron chi connectivity index (χ3n) is 5.73. The maximum atomic E-state index is 14.0. The van der Waals surface area contributed by atoms with Crippen LogP contribution in [-0.4, -0.2) is 41.3 Å². The van der Waals surface area contributed by atoms with Gasteiger partial charge in [0.2, 0.25) is 15.9 Å². The summed E-state index contributed by atoms with van der Waals surface area (Å²) in [5.74, 6) is -0.251. The Bertz CT molecular complexity index is 1290. The molecule has 1 N–H and O–H groups in total. The van der Waals surface area contributed by atoms with Crippen molar-refractivity contribution in [2.24, 2.45) is 0 Å². The number of carbonyl (C=O) groups is 1. The number of anilines is 1. The van der Waals surface area contributed by atoms with E-state index >= 15 is 0 Å². The van der Waals surface area contributed by atoms with Crippen LogP contribution in [0.15, 0.2) is 41.3 Å². The molecule has 1 aromatic heterocycles. The Labute approximate surface area is 197 Å². The number of halogens is 2. The summed E-state index contributed by atoms with van der Waals surface area (Å²) in [6, 6.07) is 9.10. The first-order chi connectivity index (χ1) is 15.8. The topological polar surface area (TPSA) is 84.3 Å². The lowest BCUT2D eigenvalue weighted by atomic mass is 10.2. The summed E-state index contributed by atoms with van der Waals surface area (Å²) in [5.41, 5.74) is 1.49. The number of benzene rings is 2. The van der Waals surface area contributed by atoms with E-state index in [9.17, 15) is 17.6 Å². The minimum Gasteiger partial charge on any atom is -0.328 e. The molecule has 3 aromatic rings. The fraction of sp³-hybridized carbons (Fsp3) is 0.391. The molecular formula is C23H26ClFN4O3S. The maximum absolute atomic E-state index is 14.0. The molecule has 1 amide bonds. The van der Waals surface area contributed by atoms with Gasteiger partial charge in [0.25, 0.3) is 0 Å². The highest BCUT2D eigenvalue weighted by atomic mass is 35.5. The minimum absolute atomic E-state index is 0.0724. The predicted molar refractivity (Wildman–Crippen MR) is 126 cm³/mol. The van der Waals surface area contributed by atoms with E-state index in [1.54, 1.807) is 18.2 Å². The van der Waals surface area contributed by atoms with Crippen molar-refractivity contribution in [3.63, 3.8) is 0 Å². The molecule has 1 aliphatic heterocycles. The molecule has 10 heteroatoms. The van der Waals surface area contributed by atoms with E-state index in [-0.39, 0.29) is 27.9 Å². The van der Waals surface area contributed by atoms with Crippen LogP contribution in [0.25, 0.3) is 11.0 Å². The summed E-state index contributed by atoms with van der Waals surface area (Å²) in [5, 5.41) is 2.81. The molecule has 4 rings (SSSR count). The normalized spacial score (nSPS) is 14.8. The van der Waals surface area contributed by atoms with Gasteiger partial charge in [-0.1, -0.05) is 18.5 Å². The molecule has 7 nitrogen and oxygen atoms in total. The van der Waals surface area contributed by atoms with Crippen molar-refractivity contribution in [3.8, 4) is 0 Å². The van der Waals surface area contributed by atoms with Gasteiger partial charge in [-0.25, -0.2) is 17.8 Å². The van der Waals surface area contributed by atoms with Crippen molar-refractivity contribution < 1.29 is 17.6 Å². The standard InChI is InChI=1S/C23H26ClFN4O3S/c1-2-11-29-21-8-6-17(33(31,32)28-12-3-4-13-28)15-20(21)26-22(29)9-10-23(30)27-19-7-5-16(24)14-18(19)25/h5-8,14-15H,2-4,9-13H2,1H3,(H,27,30). The molecule has 0 saturated carbocycles. The monoisotopic (exact) mass is 492 g/mol. The molecule has 1 saturated heterocycles. The quantitative estimate of drug-likeness (QED) is 0.498. The lowest BCUT2D eigenvalue weighted by Gasteiger charge is -2.15. The van der Waals surface area contributed by atoms with E-state index in [2.05, 4.69) is 10.3 Å². The number of aryl methyl sites for hydroxylation is 2. The van der Waals surface area contributed by atoms with Crippen LogP contribution in [0, 0.1) is 5.82 Å². The van der Waals surface area contributed by atoms with Gasteiger partial charge in [-0.15, -0.1) is 0 Å². The van der Waals surface area contributed by atoms with Crippen molar-refractivity contribution in [1.82, 2.24) is 13.9 Å². The van der Waals surface area contributed by atoms with E-state index in [0.29, 0.717) is 37.4 Å². The summed E-state index contributed by atoms with van der Waals surface area (Å²) in [7, 11) is -3.54. The molecule has 176 valence electrons. The Balaban J connectivity index is 1.55. The number of nitrogens with one attached hydrogen (secondary N) is 1. The minimum atomic E-state index is -3.54. The summed E-state index contributed by atoms with van der Waals surface area (Å²) >= 11 is 5.75. The number of rotatable bonds is 8. The Morgan fingerprint density at radius 1 is 1.18 bits per heavy atom. The SMILES string of the molecule is CCCn1c(CCC(=O)Nc2ccc(Cl)cc2F)nc2cc(S(=O)(=O)N3CCCC3)ccc21. The summed E-state index contributed by atoms with van der Waals surface area (Å²) < 4.78 is 43.3. The number of imidazole rings is 1. The summed E-state index contributed by atoms with van der Waals surface area (Å²) in [4.78, 5) is 17.3. The van der Waals surface area contributed by atoms with E-state index in [0.717, 1.165) is 30.8 Å². The molecule has 0 bridgehead atoms. The van der Waals surface area contributed by atoms with Crippen LogP contribution in [-0.2, 0) is 27.8 Å². The number of sulfonamides is 1. The van der Waals surface area contributed by atoms with Crippen LogP contribution >= 0.6 is 11.6 Å². The summed E-state index contributed by atoms with van der Waals surface area (Å²) in [6.07, 6.45) is 3.05. The highest BCUT2D eigenvalue weighted by molar-refractivity contribution is 7.89. The second kappa shape index (κ2) is 9.79. The van der Waals surface area contributed by atoms with Crippen molar-refractivity contribution in [2.45, 2.75) is 50.5 Å². The van der Waals surface area contributed by atoms with Gasteiger partial charge in [0.15, 0.2) is 0 Å². The third-order valence-corrected chi connectivity index (χ3v) is 7.86. The van der Waals surface area contributed by atoms with E-state index in [4.69, 9.17) is 11.6 Å². The average molecular weight is 493 g/mol. The second-order valence-electron chi connectivity index (χ2n) is 8.11. The van der Waals surface area contributed by atoms with Crippen LogP contribution in [0.4, 0.5) is 10.1 Å². The lowest BCUT2D eigenvalue weighted by molar-refractivity contribution is -0.116. The number of hydrogen-bond acceptors (Lipinski definition) is 4.